The highest BCUT2D eigenvalue weighted by molar-refractivity contribution is 7.91. The first-order chi connectivity index (χ1) is 7.86. The van der Waals surface area contributed by atoms with Gasteiger partial charge in [-0.25, -0.2) is 8.42 Å². The second kappa shape index (κ2) is 5.77. The van der Waals surface area contributed by atoms with Crippen LogP contribution in [0.5, 0.6) is 0 Å². The first kappa shape index (κ1) is 14.4. The Hall–Kier alpha value is -0.690. The third-order valence-electron chi connectivity index (χ3n) is 2.75. The number of nitrogens with zero attached hydrogens (tertiary/aromatic N) is 1. The Morgan fingerprint density at radius 1 is 1.59 bits per heavy atom. The number of pyridine rings is 1. The number of nitrogens with two attached hydrogens (primary N) is 1. The van der Waals surface area contributed by atoms with Gasteiger partial charge < -0.3 is 0 Å². The van der Waals surface area contributed by atoms with Gasteiger partial charge in [-0.1, -0.05) is 11.6 Å². The van der Waals surface area contributed by atoms with E-state index in [1.54, 1.807) is 19.2 Å². The van der Waals surface area contributed by atoms with Crippen molar-refractivity contribution in [3.05, 3.63) is 29.0 Å². The molecule has 0 amide bonds. The molecular weight excluding hydrogens is 262 g/mol. The number of halogens is 1. The fourth-order valence-electron chi connectivity index (χ4n) is 1.47. The zero-order chi connectivity index (χ0) is 13.1. The average molecular weight is 278 g/mol. The van der Waals surface area contributed by atoms with Gasteiger partial charge >= 0.3 is 0 Å². The van der Waals surface area contributed by atoms with Gasteiger partial charge in [-0.15, -0.1) is 0 Å². The summed E-state index contributed by atoms with van der Waals surface area (Å²) < 4.78 is 22.9. The molecule has 0 aliphatic rings. The van der Waals surface area contributed by atoms with Gasteiger partial charge in [-0.05, 0) is 25.0 Å². The number of nitrogens with one attached hydrogen (secondary N) is 1. The molecule has 0 fully saturated rings. The largest absolute Gasteiger partial charge is 0.271 e. The lowest BCUT2D eigenvalue weighted by Gasteiger charge is -2.22. The Morgan fingerprint density at radius 2 is 2.24 bits per heavy atom. The summed E-state index contributed by atoms with van der Waals surface area (Å²) in [7, 11) is -3.15. The van der Waals surface area contributed by atoms with E-state index in [-0.39, 0.29) is 6.04 Å². The molecule has 96 valence electrons. The Morgan fingerprint density at radius 3 is 2.71 bits per heavy atom. The summed E-state index contributed by atoms with van der Waals surface area (Å²) in [5, 5.41) is -0.0785. The van der Waals surface area contributed by atoms with Crippen LogP contribution in [0.4, 0.5) is 0 Å². The minimum Gasteiger partial charge on any atom is -0.271 e. The second-order valence-corrected chi connectivity index (χ2v) is 6.79. The molecule has 1 heterocycles. The number of sulfone groups is 1. The van der Waals surface area contributed by atoms with E-state index < -0.39 is 15.1 Å². The molecule has 2 atom stereocenters. The summed E-state index contributed by atoms with van der Waals surface area (Å²) in [6, 6.07) is 1.37. The van der Waals surface area contributed by atoms with Gasteiger partial charge in [0.1, 0.15) is 0 Å². The van der Waals surface area contributed by atoms with Crippen molar-refractivity contribution in [2.45, 2.75) is 24.6 Å². The highest BCUT2D eigenvalue weighted by Crippen LogP contribution is 2.17. The van der Waals surface area contributed by atoms with Gasteiger partial charge in [0.25, 0.3) is 0 Å². The number of hydrogen-bond acceptors (Lipinski definition) is 5. The maximum absolute atomic E-state index is 11.5. The maximum atomic E-state index is 11.5. The fourth-order valence-corrected chi connectivity index (χ4v) is 2.43. The molecule has 0 radical (unpaired) electrons. The standard InChI is InChI=1S/C10H16ClN3O2S/c1-7(17(2,15)16)10(14-12)5-8-3-4-13-6-9(8)11/h3-4,6-7,10,14H,5,12H2,1-2H3. The molecule has 17 heavy (non-hydrogen) atoms. The highest BCUT2D eigenvalue weighted by Gasteiger charge is 2.25. The third-order valence-corrected chi connectivity index (χ3v) is 4.77. The van der Waals surface area contributed by atoms with Crippen LogP contribution in [0.2, 0.25) is 5.02 Å². The van der Waals surface area contributed by atoms with Crippen molar-refractivity contribution in [1.82, 2.24) is 10.4 Å². The summed E-state index contributed by atoms with van der Waals surface area (Å²) in [4.78, 5) is 3.87. The van der Waals surface area contributed by atoms with Crippen LogP contribution in [0.1, 0.15) is 12.5 Å². The molecule has 0 saturated heterocycles. The summed E-state index contributed by atoms with van der Waals surface area (Å²) in [6.07, 6.45) is 4.76. The molecule has 0 aliphatic carbocycles. The number of rotatable bonds is 5. The van der Waals surface area contributed by atoms with Crippen LogP contribution >= 0.6 is 11.6 Å². The number of hydrazine groups is 1. The predicted octanol–water partition coefficient (Wildman–Crippen LogP) is 0.543. The molecule has 0 aromatic carbocycles. The quantitative estimate of drug-likeness (QED) is 0.606. The number of aromatic nitrogens is 1. The van der Waals surface area contributed by atoms with Crippen molar-refractivity contribution in [2.24, 2.45) is 5.84 Å². The summed E-state index contributed by atoms with van der Waals surface area (Å²) in [6.45, 7) is 1.62. The lowest BCUT2D eigenvalue weighted by atomic mass is 10.1. The van der Waals surface area contributed by atoms with E-state index in [2.05, 4.69) is 10.4 Å². The van der Waals surface area contributed by atoms with Gasteiger partial charge in [0.2, 0.25) is 0 Å². The molecule has 0 bridgehead atoms. The van der Waals surface area contributed by atoms with Gasteiger partial charge in [-0.2, -0.15) is 0 Å². The van der Waals surface area contributed by atoms with Crippen LogP contribution in [0.3, 0.4) is 0 Å². The van der Waals surface area contributed by atoms with E-state index in [9.17, 15) is 8.42 Å². The highest BCUT2D eigenvalue weighted by atomic mass is 35.5. The van der Waals surface area contributed by atoms with Crippen molar-refractivity contribution in [2.75, 3.05) is 6.26 Å². The molecule has 2 unspecified atom stereocenters. The molecule has 7 heteroatoms. The topological polar surface area (TPSA) is 85.1 Å². The Labute approximate surface area is 106 Å². The van der Waals surface area contributed by atoms with Crippen molar-refractivity contribution in [3.63, 3.8) is 0 Å². The molecule has 1 rings (SSSR count). The average Bonchev–Trinajstić information content (AvgIpc) is 2.26. The minimum absolute atomic E-state index is 0.384. The van der Waals surface area contributed by atoms with Crippen molar-refractivity contribution < 1.29 is 8.42 Å². The summed E-state index contributed by atoms with van der Waals surface area (Å²) in [5.41, 5.74) is 3.35. The van der Waals surface area contributed by atoms with Crippen LogP contribution in [-0.2, 0) is 16.3 Å². The van der Waals surface area contributed by atoms with Crippen molar-refractivity contribution in [3.8, 4) is 0 Å². The van der Waals surface area contributed by atoms with E-state index in [1.165, 1.54) is 12.5 Å². The predicted molar refractivity (Wildman–Crippen MR) is 68.4 cm³/mol. The fraction of sp³-hybridized carbons (Fsp3) is 0.500. The first-order valence-electron chi connectivity index (χ1n) is 5.09. The van der Waals surface area contributed by atoms with Gasteiger partial charge in [0, 0.05) is 24.7 Å². The van der Waals surface area contributed by atoms with E-state index in [4.69, 9.17) is 17.4 Å². The lowest BCUT2D eigenvalue weighted by molar-refractivity contribution is 0.494. The first-order valence-corrected chi connectivity index (χ1v) is 7.43. The second-order valence-electron chi connectivity index (χ2n) is 3.98. The maximum Gasteiger partial charge on any atom is 0.151 e. The normalized spacial score (nSPS) is 15.5. The van der Waals surface area contributed by atoms with Crippen LogP contribution in [0.15, 0.2) is 18.5 Å². The lowest BCUT2D eigenvalue weighted by Crippen LogP contribution is -2.47. The molecule has 0 aliphatic heterocycles. The number of hydrogen-bond donors (Lipinski definition) is 2. The van der Waals surface area contributed by atoms with E-state index in [0.29, 0.717) is 11.4 Å². The third kappa shape index (κ3) is 3.92. The smallest absolute Gasteiger partial charge is 0.151 e. The summed E-state index contributed by atoms with van der Waals surface area (Å²) in [5.74, 6) is 5.40. The molecule has 1 aromatic heterocycles. The van der Waals surface area contributed by atoms with E-state index >= 15 is 0 Å². The van der Waals surface area contributed by atoms with E-state index in [0.717, 1.165) is 5.56 Å². The molecule has 0 saturated carbocycles. The Balaban J connectivity index is 2.88. The molecule has 3 N–H and O–H groups in total. The molecule has 0 spiro atoms. The van der Waals surface area contributed by atoms with Crippen LogP contribution in [0.25, 0.3) is 0 Å². The van der Waals surface area contributed by atoms with E-state index in [1.807, 2.05) is 0 Å². The van der Waals surface area contributed by atoms with Crippen LogP contribution < -0.4 is 11.3 Å². The zero-order valence-electron chi connectivity index (χ0n) is 9.72. The van der Waals surface area contributed by atoms with Gasteiger partial charge in [-0.3, -0.25) is 16.3 Å². The minimum atomic E-state index is -3.15. The molecule has 1 aromatic rings. The van der Waals surface area contributed by atoms with Crippen LogP contribution in [0, 0.1) is 0 Å². The van der Waals surface area contributed by atoms with Crippen LogP contribution in [-0.4, -0.2) is 30.9 Å². The molecule has 5 nitrogen and oxygen atoms in total. The van der Waals surface area contributed by atoms with Crippen molar-refractivity contribution in [1.29, 1.82) is 0 Å². The summed E-state index contributed by atoms with van der Waals surface area (Å²) >= 11 is 5.96. The molecular formula is C10H16ClN3O2S. The monoisotopic (exact) mass is 277 g/mol. The Bertz CT molecular complexity index is 478. The Kier molecular flexibility index (Phi) is 4.88. The van der Waals surface area contributed by atoms with Crippen molar-refractivity contribution >= 4 is 21.4 Å². The van der Waals surface area contributed by atoms with Gasteiger partial charge in [0.05, 0.1) is 10.3 Å². The van der Waals surface area contributed by atoms with Gasteiger partial charge in [0.15, 0.2) is 9.84 Å². The zero-order valence-corrected chi connectivity index (χ0v) is 11.3. The SMILES string of the molecule is CC(C(Cc1ccncc1Cl)NN)S(C)(=O)=O.